The number of amides is 1. The number of nitriles is 1. The molecule has 1 amide bonds. The Labute approximate surface area is 252 Å². The first kappa shape index (κ1) is 31.2. The number of nitrogens with zero attached hydrogens (tertiary/aromatic N) is 8. The Kier molecular flexibility index (Phi) is 9.81. The molecule has 13 nitrogen and oxygen atoms in total. The molecule has 3 aromatic heterocycles. The number of benzene rings is 1. The number of likely N-dealkylation sites (N-methyl/N-ethyl adjacent to an activating group) is 1. The molecule has 0 bridgehead atoms. The predicted molar refractivity (Wildman–Crippen MR) is 148 cm³/mol. The van der Waals surface area contributed by atoms with E-state index in [1.54, 1.807) is 31.3 Å². The van der Waals surface area contributed by atoms with E-state index in [2.05, 4.69) is 46.5 Å². The highest BCUT2D eigenvalue weighted by molar-refractivity contribution is 9.10. The molecule has 0 aliphatic heterocycles. The first-order valence-electron chi connectivity index (χ1n) is 11.7. The standard InChI is InChI=1S/C25H22BrFN10O3.BrH/c1-35-20(25(36(39)40)34-22(35)11-28)13-37(2,3)8-4-5-23(38)33-21-10-16-19(12-29-21)30-14-31-24(16)32-15-6-7-18(27)17(26)9-15;/h4-7,9-10,12,14H,8,13H2,1-3H3,(H-,29,30,31,32,33,38);1H/b5-4+;. The van der Waals surface area contributed by atoms with E-state index in [-0.39, 0.29) is 45.5 Å². The number of aromatic nitrogens is 5. The van der Waals surface area contributed by atoms with Crippen molar-refractivity contribution in [1.29, 1.82) is 5.26 Å². The molecule has 4 aromatic rings. The second kappa shape index (κ2) is 12.9. The highest BCUT2D eigenvalue weighted by Crippen LogP contribution is 2.27. The zero-order chi connectivity index (χ0) is 29.0. The first-order valence-corrected chi connectivity index (χ1v) is 12.5. The van der Waals surface area contributed by atoms with Crippen LogP contribution in [0.25, 0.3) is 10.9 Å². The third-order valence-electron chi connectivity index (χ3n) is 5.87. The van der Waals surface area contributed by atoms with Crippen molar-refractivity contribution in [3.05, 3.63) is 80.9 Å². The highest BCUT2D eigenvalue weighted by atomic mass is 79.9. The maximum atomic E-state index is 13.6. The zero-order valence-corrected chi connectivity index (χ0v) is 25.1. The molecule has 212 valence electrons. The van der Waals surface area contributed by atoms with E-state index in [9.17, 15) is 24.6 Å². The quantitative estimate of drug-likeness (QED) is 0.113. The first-order chi connectivity index (χ1) is 19.0. The van der Waals surface area contributed by atoms with E-state index in [4.69, 9.17) is 0 Å². The molecule has 1 aromatic carbocycles. The van der Waals surface area contributed by atoms with E-state index < -0.39 is 16.6 Å². The molecule has 41 heavy (non-hydrogen) atoms. The largest absolute Gasteiger partial charge is 1.00 e. The predicted octanol–water partition coefficient (Wildman–Crippen LogP) is 0.959. The van der Waals surface area contributed by atoms with E-state index in [0.29, 0.717) is 39.1 Å². The smallest absolute Gasteiger partial charge is 0.392 e. The van der Waals surface area contributed by atoms with Gasteiger partial charge in [0, 0.05) is 24.2 Å². The van der Waals surface area contributed by atoms with Crippen molar-refractivity contribution in [3.63, 3.8) is 0 Å². The molecule has 0 saturated heterocycles. The van der Waals surface area contributed by atoms with Crippen LogP contribution >= 0.6 is 15.9 Å². The number of halogens is 3. The summed E-state index contributed by atoms with van der Waals surface area (Å²) in [6, 6.07) is 7.93. The minimum absolute atomic E-state index is 0. The Morgan fingerprint density at radius 1 is 1.29 bits per heavy atom. The number of imidazole rings is 1. The molecule has 2 N–H and O–H groups in total. The maximum absolute atomic E-state index is 13.6. The number of carbonyl (C=O) groups is 1. The van der Waals surface area contributed by atoms with E-state index in [0.717, 1.165) is 0 Å². The number of hydrogen-bond acceptors (Lipinski definition) is 9. The van der Waals surface area contributed by atoms with Crippen LogP contribution in [0.5, 0.6) is 0 Å². The number of carbonyl (C=O) groups excluding carboxylic acids is 1. The lowest BCUT2D eigenvalue weighted by atomic mass is 10.2. The fraction of sp³-hybridized carbons (Fsp3) is 0.200. The molecule has 0 fully saturated rings. The number of nitro groups is 1. The highest BCUT2D eigenvalue weighted by Gasteiger charge is 2.30. The summed E-state index contributed by atoms with van der Waals surface area (Å²) in [7, 11) is 5.23. The van der Waals surface area contributed by atoms with Gasteiger partial charge in [-0.1, -0.05) is 0 Å². The van der Waals surface area contributed by atoms with Gasteiger partial charge in [-0.15, -0.1) is 0 Å². The molecule has 3 heterocycles. The van der Waals surface area contributed by atoms with Crippen molar-refractivity contribution in [3.8, 4) is 6.07 Å². The van der Waals surface area contributed by atoms with Gasteiger partial charge in [-0.2, -0.15) is 5.26 Å². The number of quaternary nitrogens is 1. The minimum Gasteiger partial charge on any atom is -1.00 e. The molecule has 0 aliphatic carbocycles. The van der Waals surface area contributed by atoms with Crippen LogP contribution < -0.4 is 27.6 Å². The van der Waals surface area contributed by atoms with Gasteiger partial charge in [-0.25, -0.2) is 19.3 Å². The Bertz CT molecular complexity index is 1700. The van der Waals surface area contributed by atoms with Gasteiger partial charge in [0.25, 0.3) is 0 Å². The van der Waals surface area contributed by atoms with Crippen LogP contribution in [0.1, 0.15) is 11.5 Å². The molecular weight excluding hydrogens is 667 g/mol. The minimum atomic E-state index is -0.611. The van der Waals surface area contributed by atoms with Gasteiger partial charge in [0.05, 0.1) is 36.8 Å². The van der Waals surface area contributed by atoms with Gasteiger partial charge in [0.15, 0.2) is 11.8 Å². The van der Waals surface area contributed by atoms with Gasteiger partial charge in [0.1, 0.15) is 30.3 Å². The van der Waals surface area contributed by atoms with Crippen LogP contribution in [0.15, 0.2) is 53.4 Å². The Morgan fingerprint density at radius 3 is 2.73 bits per heavy atom. The number of fused-ring (bicyclic) bond motifs is 1. The van der Waals surface area contributed by atoms with Crippen LogP contribution in [-0.4, -0.2) is 60.5 Å². The summed E-state index contributed by atoms with van der Waals surface area (Å²) in [5, 5.41) is 27.0. The summed E-state index contributed by atoms with van der Waals surface area (Å²) in [5.41, 5.74) is 1.44. The third kappa shape index (κ3) is 7.45. The van der Waals surface area contributed by atoms with Crippen LogP contribution in [-0.2, 0) is 18.4 Å². The van der Waals surface area contributed by atoms with Gasteiger partial charge in [0.2, 0.25) is 5.91 Å². The van der Waals surface area contributed by atoms with Gasteiger partial charge in [-0.3, -0.25) is 9.36 Å². The lowest BCUT2D eigenvalue weighted by molar-refractivity contribution is -0.898. The average molecular weight is 690 g/mol. The third-order valence-corrected chi connectivity index (χ3v) is 6.48. The Balaban J connectivity index is 0.00000462. The second-order valence-corrected chi connectivity index (χ2v) is 10.2. The summed E-state index contributed by atoms with van der Waals surface area (Å²) >= 11 is 3.16. The summed E-state index contributed by atoms with van der Waals surface area (Å²) in [5.74, 6) is -0.524. The van der Waals surface area contributed by atoms with E-state index in [1.807, 2.05) is 20.2 Å². The van der Waals surface area contributed by atoms with Gasteiger partial charge in [-0.05, 0) is 56.2 Å². The molecule has 4 rings (SSSR count). The molecule has 0 atom stereocenters. The second-order valence-electron chi connectivity index (χ2n) is 9.36. The van der Waals surface area contributed by atoms with Crippen LogP contribution in [0.3, 0.4) is 0 Å². The molecule has 0 saturated carbocycles. The van der Waals surface area contributed by atoms with Crippen LogP contribution in [0.2, 0.25) is 0 Å². The summed E-state index contributed by atoms with van der Waals surface area (Å²) in [6.45, 7) is 0.567. The summed E-state index contributed by atoms with van der Waals surface area (Å²) in [4.78, 5) is 39.9. The monoisotopic (exact) mass is 688 g/mol. The number of nitrogens with one attached hydrogen (secondary N) is 2. The molecule has 0 unspecified atom stereocenters. The van der Waals surface area contributed by atoms with Crippen molar-refractivity contribution in [2.24, 2.45) is 7.05 Å². The van der Waals surface area contributed by atoms with Crippen molar-refractivity contribution in [2.75, 3.05) is 31.3 Å². The van der Waals surface area contributed by atoms with Crippen molar-refractivity contribution in [1.82, 2.24) is 24.5 Å². The Hall–Kier alpha value is -4.33. The van der Waals surface area contributed by atoms with Crippen LogP contribution in [0, 0.1) is 27.3 Å². The van der Waals surface area contributed by atoms with Gasteiger partial charge >= 0.3 is 11.6 Å². The van der Waals surface area contributed by atoms with Crippen molar-refractivity contribution in [2.45, 2.75) is 6.54 Å². The summed E-state index contributed by atoms with van der Waals surface area (Å²) in [6.07, 6.45) is 5.86. The fourth-order valence-corrected chi connectivity index (χ4v) is 4.24. The lowest BCUT2D eigenvalue weighted by Gasteiger charge is -2.28. The molecule has 0 aliphatic rings. The van der Waals surface area contributed by atoms with Gasteiger partial charge < -0.3 is 42.2 Å². The van der Waals surface area contributed by atoms with Crippen molar-refractivity contribution >= 4 is 55.9 Å². The fourth-order valence-electron chi connectivity index (χ4n) is 3.86. The normalized spacial score (nSPS) is 11.2. The lowest BCUT2D eigenvalue weighted by Crippen LogP contribution is -3.00. The number of anilines is 3. The molecule has 0 radical (unpaired) electrons. The number of pyridine rings is 1. The number of hydrogen-bond donors (Lipinski definition) is 2. The molecule has 0 spiro atoms. The van der Waals surface area contributed by atoms with Crippen molar-refractivity contribution < 1.29 is 35.6 Å². The average Bonchev–Trinajstić information content (AvgIpc) is 3.21. The zero-order valence-electron chi connectivity index (χ0n) is 22.0. The Morgan fingerprint density at radius 2 is 2.05 bits per heavy atom. The SMILES string of the molecule is Cn1c(C#N)nc([N+](=O)[O-])c1C[N+](C)(C)C/C=C/C(=O)Nc1cc2c(Nc3ccc(F)c(Br)c3)ncnc2cn1.[Br-]. The number of rotatable bonds is 9. The molecular formula is C25H23Br2FN10O3. The topological polar surface area (TPSA) is 165 Å². The summed E-state index contributed by atoms with van der Waals surface area (Å²) < 4.78 is 15.6. The maximum Gasteiger partial charge on any atom is 0.392 e. The molecule has 16 heteroatoms. The van der Waals surface area contributed by atoms with E-state index in [1.165, 1.54) is 29.2 Å². The van der Waals surface area contributed by atoms with Crippen LogP contribution in [0.4, 0.5) is 27.5 Å². The van der Waals surface area contributed by atoms with E-state index >= 15 is 0 Å².